The van der Waals surface area contributed by atoms with Gasteiger partial charge in [0, 0.05) is 25.3 Å². The molecule has 1 heterocycles. The van der Waals surface area contributed by atoms with Crippen molar-refractivity contribution in [1.82, 2.24) is 4.98 Å². The van der Waals surface area contributed by atoms with Crippen LogP contribution in [0.1, 0.15) is 5.56 Å². The molecule has 2 rings (SSSR count). The molecule has 1 aromatic carbocycles. The maximum absolute atomic E-state index is 14.0. The zero-order valence-corrected chi connectivity index (χ0v) is 10.6. The van der Waals surface area contributed by atoms with Crippen LogP contribution in [-0.2, 0) is 16.0 Å². The number of hydrogen-bond donors (Lipinski definition) is 0. The van der Waals surface area contributed by atoms with Gasteiger partial charge in [0.2, 0.25) is 0 Å². The van der Waals surface area contributed by atoms with E-state index in [9.17, 15) is 19.3 Å². The number of nitro benzene ring substituents is 1. The van der Waals surface area contributed by atoms with Crippen molar-refractivity contribution in [1.29, 1.82) is 0 Å². The molecule has 2 aromatic rings. The Kier molecular flexibility index (Phi) is 3.99. The molecule has 0 spiro atoms. The van der Waals surface area contributed by atoms with Crippen molar-refractivity contribution in [2.75, 3.05) is 13.7 Å². The lowest BCUT2D eigenvalue weighted by Crippen LogP contribution is -2.12. The molecule has 0 amide bonds. The number of halogens is 1. The van der Waals surface area contributed by atoms with Crippen LogP contribution in [0.4, 0.5) is 10.1 Å². The molecule has 0 unspecified atom stereocenters. The number of ketones is 1. The van der Waals surface area contributed by atoms with Gasteiger partial charge in [-0.2, -0.15) is 0 Å². The molecule has 0 atom stereocenters. The highest BCUT2D eigenvalue weighted by Gasteiger charge is 2.21. The molecule has 1 aromatic heterocycles. The van der Waals surface area contributed by atoms with Gasteiger partial charge in [0.25, 0.3) is 5.69 Å². The molecule has 0 aliphatic rings. The Morgan fingerprint density at radius 2 is 2.30 bits per heavy atom. The Balaban J connectivity index is 2.61. The number of hydrogen-bond acceptors (Lipinski definition) is 5. The summed E-state index contributed by atoms with van der Waals surface area (Å²) in [7, 11) is 1.36. The first kappa shape index (κ1) is 14.0. The highest BCUT2D eigenvalue weighted by Crippen LogP contribution is 2.29. The number of benzene rings is 1. The molecular formula is C13H11FN2O4. The van der Waals surface area contributed by atoms with Crippen molar-refractivity contribution >= 4 is 22.4 Å². The number of nitro groups is 1. The maximum atomic E-state index is 14.0. The van der Waals surface area contributed by atoms with Gasteiger partial charge in [-0.05, 0) is 12.1 Å². The third kappa shape index (κ3) is 2.62. The molecule has 104 valence electrons. The molecule has 7 heteroatoms. The number of pyridine rings is 1. The second-order valence-electron chi connectivity index (χ2n) is 4.16. The Morgan fingerprint density at radius 1 is 1.55 bits per heavy atom. The fourth-order valence-electron chi connectivity index (χ4n) is 1.98. The number of fused-ring (bicyclic) bond motifs is 1. The van der Waals surface area contributed by atoms with Gasteiger partial charge in [-0.25, -0.2) is 4.39 Å². The predicted octanol–water partition coefficient (Wildman–Crippen LogP) is 2.04. The fraction of sp³-hybridized carbons (Fsp3) is 0.231. The first-order valence-electron chi connectivity index (χ1n) is 5.75. The number of ether oxygens (including phenoxy) is 1. The summed E-state index contributed by atoms with van der Waals surface area (Å²) in [5.41, 5.74) is -0.189. The SMILES string of the molecule is COCC(=O)Cc1c(F)cc([N+](=O)[O-])c2cccnc12. The first-order valence-corrected chi connectivity index (χ1v) is 5.75. The molecule has 6 nitrogen and oxygen atoms in total. The van der Waals surface area contributed by atoms with Crippen molar-refractivity contribution < 1.29 is 18.8 Å². The van der Waals surface area contributed by atoms with Crippen LogP contribution in [0.5, 0.6) is 0 Å². The van der Waals surface area contributed by atoms with Gasteiger partial charge in [-0.3, -0.25) is 19.9 Å². The summed E-state index contributed by atoms with van der Waals surface area (Å²) >= 11 is 0. The van der Waals surface area contributed by atoms with Crippen LogP contribution < -0.4 is 0 Å². The number of carbonyl (C=O) groups excluding carboxylic acids is 1. The molecule has 0 fully saturated rings. The van der Waals surface area contributed by atoms with Crippen molar-refractivity contribution in [3.8, 4) is 0 Å². The predicted molar refractivity (Wildman–Crippen MR) is 68.9 cm³/mol. The average molecular weight is 278 g/mol. The molecule has 0 aliphatic heterocycles. The van der Waals surface area contributed by atoms with Crippen LogP contribution in [0, 0.1) is 15.9 Å². The first-order chi connectivity index (χ1) is 9.54. The summed E-state index contributed by atoms with van der Waals surface area (Å²) in [6.07, 6.45) is 1.18. The lowest BCUT2D eigenvalue weighted by molar-refractivity contribution is -0.383. The van der Waals surface area contributed by atoms with Crippen LogP contribution >= 0.6 is 0 Å². The molecular weight excluding hydrogens is 267 g/mol. The Hall–Kier alpha value is -2.41. The van der Waals surface area contributed by atoms with Crippen molar-refractivity contribution in [3.63, 3.8) is 0 Å². The third-order valence-electron chi connectivity index (χ3n) is 2.80. The second kappa shape index (κ2) is 5.70. The lowest BCUT2D eigenvalue weighted by Gasteiger charge is -2.07. The number of rotatable bonds is 5. The number of nitrogens with zero attached hydrogens (tertiary/aromatic N) is 2. The van der Waals surface area contributed by atoms with Gasteiger partial charge < -0.3 is 4.74 Å². The summed E-state index contributed by atoms with van der Waals surface area (Å²) in [6.45, 7) is -0.148. The topological polar surface area (TPSA) is 82.3 Å². The maximum Gasteiger partial charge on any atom is 0.281 e. The van der Waals surface area contributed by atoms with Crippen LogP contribution in [-0.4, -0.2) is 29.4 Å². The van der Waals surface area contributed by atoms with Gasteiger partial charge >= 0.3 is 0 Å². The summed E-state index contributed by atoms with van der Waals surface area (Å²) < 4.78 is 18.7. The van der Waals surface area contributed by atoms with E-state index < -0.39 is 10.7 Å². The van der Waals surface area contributed by atoms with E-state index in [1.165, 1.54) is 25.4 Å². The third-order valence-corrected chi connectivity index (χ3v) is 2.80. The van der Waals surface area contributed by atoms with Gasteiger partial charge in [-0.1, -0.05) is 0 Å². The van der Waals surface area contributed by atoms with Gasteiger partial charge in [0.05, 0.1) is 21.9 Å². The standard InChI is InChI=1S/C13H11FN2O4/c1-20-7-8(17)5-10-11(14)6-12(16(18)19)9-3-2-4-15-13(9)10/h2-4,6H,5,7H2,1H3. The average Bonchev–Trinajstić information content (AvgIpc) is 2.41. The molecule has 0 saturated carbocycles. The van der Waals surface area contributed by atoms with E-state index in [4.69, 9.17) is 0 Å². The lowest BCUT2D eigenvalue weighted by atomic mass is 10.0. The highest BCUT2D eigenvalue weighted by atomic mass is 19.1. The molecule has 0 radical (unpaired) electrons. The van der Waals surface area contributed by atoms with Gasteiger partial charge in [0.15, 0.2) is 5.78 Å². The summed E-state index contributed by atoms with van der Waals surface area (Å²) in [6, 6.07) is 3.82. The Morgan fingerprint density at radius 3 is 2.95 bits per heavy atom. The van der Waals surface area contributed by atoms with Crippen LogP contribution in [0.25, 0.3) is 10.9 Å². The van der Waals surface area contributed by atoms with E-state index in [0.29, 0.717) is 0 Å². The fourth-order valence-corrected chi connectivity index (χ4v) is 1.98. The smallest absolute Gasteiger partial charge is 0.281 e. The second-order valence-corrected chi connectivity index (χ2v) is 4.16. The minimum absolute atomic E-state index is 0.0493. The summed E-state index contributed by atoms with van der Waals surface area (Å²) in [5.74, 6) is -1.14. The number of Topliss-reactive ketones (excluding diaryl/α,β-unsaturated/α-hetero) is 1. The van der Waals surface area contributed by atoms with E-state index in [-0.39, 0.29) is 41.0 Å². The number of non-ortho nitro benzene ring substituents is 1. The minimum atomic E-state index is -0.813. The monoisotopic (exact) mass is 278 g/mol. The molecule has 0 aliphatic carbocycles. The number of aromatic nitrogens is 1. The van der Waals surface area contributed by atoms with E-state index >= 15 is 0 Å². The summed E-state index contributed by atoms with van der Waals surface area (Å²) in [4.78, 5) is 25.8. The quantitative estimate of drug-likeness (QED) is 0.617. The molecule has 0 saturated heterocycles. The van der Waals surface area contributed by atoms with Crippen molar-refractivity contribution in [2.24, 2.45) is 0 Å². The van der Waals surface area contributed by atoms with Crippen molar-refractivity contribution in [2.45, 2.75) is 6.42 Å². The molecule has 0 N–H and O–H groups in total. The Labute approximate surface area is 113 Å². The normalized spacial score (nSPS) is 10.7. The van der Waals surface area contributed by atoms with E-state index in [2.05, 4.69) is 9.72 Å². The van der Waals surface area contributed by atoms with E-state index in [0.717, 1.165) is 6.07 Å². The zero-order chi connectivity index (χ0) is 14.7. The van der Waals surface area contributed by atoms with Crippen LogP contribution in [0.3, 0.4) is 0 Å². The van der Waals surface area contributed by atoms with Crippen LogP contribution in [0.15, 0.2) is 24.4 Å². The molecule has 20 heavy (non-hydrogen) atoms. The largest absolute Gasteiger partial charge is 0.377 e. The summed E-state index contributed by atoms with van der Waals surface area (Å²) in [5, 5.41) is 11.1. The van der Waals surface area contributed by atoms with Crippen LogP contribution in [0.2, 0.25) is 0 Å². The number of methoxy groups -OCH3 is 1. The zero-order valence-electron chi connectivity index (χ0n) is 10.6. The highest BCUT2D eigenvalue weighted by molar-refractivity contribution is 5.94. The molecule has 0 bridgehead atoms. The Bertz CT molecular complexity index is 687. The van der Waals surface area contributed by atoms with Crippen molar-refractivity contribution in [3.05, 3.63) is 45.9 Å². The van der Waals surface area contributed by atoms with E-state index in [1.807, 2.05) is 0 Å². The van der Waals surface area contributed by atoms with E-state index in [1.54, 1.807) is 0 Å². The van der Waals surface area contributed by atoms with Gasteiger partial charge in [0.1, 0.15) is 12.4 Å². The number of carbonyl (C=O) groups is 1. The minimum Gasteiger partial charge on any atom is -0.377 e. The van der Waals surface area contributed by atoms with Gasteiger partial charge in [-0.15, -0.1) is 0 Å².